The normalized spacial score (nSPS) is 15.0. The highest BCUT2D eigenvalue weighted by atomic mass is 35.5. The number of halogens is 2. The number of nitrogens with zero attached hydrogens (tertiary/aromatic N) is 2. The summed E-state index contributed by atoms with van der Waals surface area (Å²) in [4.78, 5) is 4.64. The zero-order valence-electron chi connectivity index (χ0n) is 22.0. The Bertz CT molecular complexity index is 1510. The molecule has 6 nitrogen and oxygen atoms in total. The first-order chi connectivity index (χ1) is 18.0. The molecule has 9 heteroatoms. The Morgan fingerprint density at radius 1 is 1.13 bits per heavy atom. The molecule has 1 heterocycles. The number of hydrogen-bond acceptors (Lipinski definition) is 5. The summed E-state index contributed by atoms with van der Waals surface area (Å²) in [7, 11) is -2.51. The molecule has 3 aromatic carbocycles. The maximum atomic E-state index is 14.3. The van der Waals surface area contributed by atoms with Gasteiger partial charge in [0.25, 0.3) is 10.0 Å². The van der Waals surface area contributed by atoms with Gasteiger partial charge in [0.15, 0.2) is 0 Å². The van der Waals surface area contributed by atoms with Crippen LogP contribution in [0.5, 0.6) is 11.5 Å². The molecule has 0 bridgehead atoms. The predicted octanol–water partition coefficient (Wildman–Crippen LogP) is 6.84. The molecular weight excluding hydrogens is 527 g/mol. The SMILES string of the molecule is COc1cc(S(=O)(=O)N2c3cc(OCc4c(F)cccc4Cl)ccc3C=C(CN=C(C)C)C2C)ccc1C. The minimum atomic E-state index is -4.02. The monoisotopic (exact) mass is 556 g/mol. The van der Waals surface area contributed by atoms with E-state index in [1.54, 1.807) is 36.4 Å². The molecule has 1 aliphatic heterocycles. The van der Waals surface area contributed by atoms with Gasteiger partial charge in [-0.2, -0.15) is 0 Å². The average molecular weight is 557 g/mol. The number of aryl methyl sites for hydroxylation is 1. The van der Waals surface area contributed by atoms with Crippen molar-refractivity contribution in [3.8, 4) is 11.5 Å². The van der Waals surface area contributed by atoms with Crippen LogP contribution in [0.3, 0.4) is 0 Å². The van der Waals surface area contributed by atoms with Crippen molar-refractivity contribution in [2.45, 2.75) is 45.2 Å². The van der Waals surface area contributed by atoms with Crippen LogP contribution in [0.25, 0.3) is 6.08 Å². The predicted molar refractivity (Wildman–Crippen MR) is 151 cm³/mol. The zero-order chi connectivity index (χ0) is 27.6. The number of benzene rings is 3. The summed E-state index contributed by atoms with van der Waals surface area (Å²) < 4.78 is 55.1. The first kappa shape index (κ1) is 27.7. The van der Waals surface area contributed by atoms with E-state index >= 15 is 0 Å². The van der Waals surface area contributed by atoms with Crippen LogP contribution in [-0.4, -0.2) is 33.8 Å². The van der Waals surface area contributed by atoms with Gasteiger partial charge in [0, 0.05) is 23.4 Å². The van der Waals surface area contributed by atoms with Gasteiger partial charge in [0.1, 0.15) is 23.9 Å². The fourth-order valence-corrected chi connectivity index (χ4v) is 6.18. The van der Waals surface area contributed by atoms with E-state index in [-0.39, 0.29) is 22.1 Å². The van der Waals surface area contributed by atoms with E-state index in [1.807, 2.05) is 33.8 Å². The van der Waals surface area contributed by atoms with E-state index in [4.69, 9.17) is 21.1 Å². The van der Waals surface area contributed by atoms with E-state index in [0.29, 0.717) is 29.3 Å². The number of ether oxygens (including phenoxy) is 2. The van der Waals surface area contributed by atoms with E-state index in [2.05, 4.69) is 4.99 Å². The number of anilines is 1. The number of rotatable bonds is 8. The van der Waals surface area contributed by atoms with Crippen LogP contribution in [0, 0.1) is 12.7 Å². The summed E-state index contributed by atoms with van der Waals surface area (Å²) in [6, 6.07) is 13.9. The fraction of sp³-hybridized carbons (Fsp3) is 0.276. The van der Waals surface area contributed by atoms with Gasteiger partial charge in [-0.15, -0.1) is 0 Å². The molecule has 38 heavy (non-hydrogen) atoms. The molecular formula is C29H30ClFN2O4S. The summed E-state index contributed by atoms with van der Waals surface area (Å²) in [5, 5.41) is 0.258. The lowest BCUT2D eigenvalue weighted by molar-refractivity contribution is 0.300. The maximum Gasteiger partial charge on any atom is 0.265 e. The van der Waals surface area contributed by atoms with E-state index in [1.165, 1.54) is 29.6 Å². The molecule has 0 saturated carbocycles. The molecule has 1 atom stereocenters. The van der Waals surface area contributed by atoms with Crippen molar-refractivity contribution in [2.75, 3.05) is 18.0 Å². The van der Waals surface area contributed by atoms with Crippen LogP contribution in [0.1, 0.15) is 37.5 Å². The Labute approximate surface area is 228 Å². The lowest BCUT2D eigenvalue weighted by Crippen LogP contribution is -2.42. The first-order valence-corrected chi connectivity index (χ1v) is 13.9. The van der Waals surface area contributed by atoms with Gasteiger partial charge in [-0.1, -0.05) is 23.7 Å². The van der Waals surface area contributed by atoms with Crippen molar-refractivity contribution < 1.29 is 22.3 Å². The van der Waals surface area contributed by atoms with Gasteiger partial charge in [-0.3, -0.25) is 9.30 Å². The highest BCUT2D eigenvalue weighted by Crippen LogP contribution is 2.40. The van der Waals surface area contributed by atoms with E-state index in [9.17, 15) is 12.8 Å². The zero-order valence-corrected chi connectivity index (χ0v) is 23.5. The molecule has 0 fully saturated rings. The summed E-state index contributed by atoms with van der Waals surface area (Å²) >= 11 is 6.15. The highest BCUT2D eigenvalue weighted by molar-refractivity contribution is 7.92. The molecule has 0 aromatic heterocycles. The molecule has 0 saturated heterocycles. The smallest absolute Gasteiger partial charge is 0.265 e. The van der Waals surface area contributed by atoms with Gasteiger partial charge >= 0.3 is 0 Å². The van der Waals surface area contributed by atoms with Crippen molar-refractivity contribution in [3.05, 3.63) is 87.7 Å². The second-order valence-electron chi connectivity index (χ2n) is 9.30. The third-order valence-corrected chi connectivity index (χ3v) is 8.66. The van der Waals surface area contributed by atoms with Crippen LogP contribution < -0.4 is 13.8 Å². The number of fused-ring (bicyclic) bond motifs is 1. The third-order valence-electron chi connectivity index (χ3n) is 6.43. The minimum absolute atomic E-state index is 0.104. The Hall–Kier alpha value is -3.36. The largest absolute Gasteiger partial charge is 0.496 e. The molecule has 1 unspecified atom stereocenters. The average Bonchev–Trinajstić information content (AvgIpc) is 2.87. The molecule has 1 aliphatic rings. The summed E-state index contributed by atoms with van der Waals surface area (Å²) in [5.74, 6) is 0.397. The summed E-state index contributed by atoms with van der Waals surface area (Å²) in [6.07, 6.45) is 1.96. The van der Waals surface area contributed by atoms with Crippen LogP contribution >= 0.6 is 11.6 Å². The molecule has 3 aromatic rings. The lowest BCUT2D eigenvalue weighted by Gasteiger charge is -2.36. The molecule has 200 valence electrons. The third kappa shape index (κ3) is 5.56. The molecule has 4 rings (SSSR count). The molecule has 0 spiro atoms. The number of methoxy groups -OCH3 is 1. The second-order valence-corrected chi connectivity index (χ2v) is 11.5. The first-order valence-electron chi connectivity index (χ1n) is 12.1. The standard InChI is InChI=1S/C29H30ClFN2O4S/c1-18(2)32-16-22-13-21-10-11-23(37-17-25-26(30)7-6-8-27(25)31)14-28(21)33(20(22)4)38(34,35)24-12-9-19(3)29(15-24)36-5/h6-15,20H,16-17H2,1-5H3. The van der Waals surface area contributed by atoms with Crippen molar-refractivity contribution >= 4 is 39.1 Å². The van der Waals surface area contributed by atoms with Gasteiger partial charge in [-0.25, -0.2) is 12.8 Å². The Morgan fingerprint density at radius 3 is 2.58 bits per heavy atom. The van der Waals surface area contributed by atoms with Gasteiger partial charge < -0.3 is 9.47 Å². The Kier molecular flexibility index (Phi) is 8.13. The van der Waals surface area contributed by atoms with Gasteiger partial charge in [0.05, 0.1) is 35.3 Å². The van der Waals surface area contributed by atoms with Crippen molar-refractivity contribution in [1.29, 1.82) is 0 Å². The molecule has 0 aliphatic carbocycles. The number of hydrogen-bond donors (Lipinski definition) is 0. The molecule has 0 N–H and O–H groups in total. The summed E-state index contributed by atoms with van der Waals surface area (Å²) in [6.45, 7) is 7.76. The van der Waals surface area contributed by atoms with Crippen LogP contribution in [-0.2, 0) is 16.6 Å². The van der Waals surface area contributed by atoms with Crippen LogP contribution in [0.4, 0.5) is 10.1 Å². The molecule has 0 amide bonds. The van der Waals surface area contributed by atoms with Gasteiger partial charge in [-0.05, 0) is 80.8 Å². The molecule has 0 radical (unpaired) electrons. The van der Waals surface area contributed by atoms with E-state index in [0.717, 1.165) is 16.8 Å². The highest BCUT2D eigenvalue weighted by Gasteiger charge is 2.36. The van der Waals surface area contributed by atoms with E-state index < -0.39 is 21.9 Å². The second kappa shape index (κ2) is 11.2. The van der Waals surface area contributed by atoms with Crippen LogP contribution in [0.15, 0.2) is 70.1 Å². The Morgan fingerprint density at radius 2 is 1.89 bits per heavy atom. The van der Waals surface area contributed by atoms with Crippen LogP contribution in [0.2, 0.25) is 5.02 Å². The van der Waals surface area contributed by atoms with Gasteiger partial charge in [0.2, 0.25) is 0 Å². The number of sulfonamides is 1. The summed E-state index contributed by atoms with van der Waals surface area (Å²) in [5.41, 5.74) is 3.97. The topological polar surface area (TPSA) is 68.2 Å². The lowest BCUT2D eigenvalue weighted by atomic mass is 9.98. The Balaban J connectivity index is 1.79. The van der Waals surface area contributed by atoms with Crippen molar-refractivity contribution in [3.63, 3.8) is 0 Å². The van der Waals surface area contributed by atoms with Crippen molar-refractivity contribution in [2.24, 2.45) is 4.99 Å². The maximum absolute atomic E-state index is 14.3. The quantitative estimate of drug-likeness (QED) is 0.285. The fourth-order valence-electron chi connectivity index (χ4n) is 4.27. The van der Waals surface area contributed by atoms with Crippen molar-refractivity contribution in [1.82, 2.24) is 0 Å². The number of aliphatic imine (C=N–C) groups is 1. The minimum Gasteiger partial charge on any atom is -0.496 e.